The van der Waals surface area contributed by atoms with Gasteiger partial charge in [0, 0.05) is 30.7 Å². The Morgan fingerprint density at radius 2 is 1.87 bits per heavy atom. The van der Waals surface area contributed by atoms with E-state index in [1.807, 2.05) is 0 Å². The molecule has 0 aliphatic carbocycles. The number of unbranched alkanes of at least 4 members (excludes halogenated alkanes) is 1. The highest BCUT2D eigenvalue weighted by atomic mass is 127. The van der Waals surface area contributed by atoms with Gasteiger partial charge in [0.05, 0.1) is 18.8 Å². The first kappa shape index (κ1) is 18.1. The van der Waals surface area contributed by atoms with Crippen molar-refractivity contribution in [2.45, 2.75) is 26.3 Å². The van der Waals surface area contributed by atoms with Gasteiger partial charge in [-0.25, -0.2) is 0 Å². The summed E-state index contributed by atoms with van der Waals surface area (Å²) in [5.41, 5.74) is 2.47. The maximum Gasteiger partial charge on any atom is 0.204 e. The fourth-order valence-electron chi connectivity index (χ4n) is 2.70. The molecule has 0 bridgehead atoms. The number of aryl methyl sites for hydroxylation is 1. The van der Waals surface area contributed by atoms with E-state index >= 15 is 0 Å². The molecule has 124 valence electrons. The molecule has 5 heteroatoms. The highest BCUT2D eigenvalue weighted by Crippen LogP contribution is 2.21. The zero-order valence-corrected chi connectivity index (χ0v) is 15.8. The molecule has 23 heavy (non-hydrogen) atoms. The van der Waals surface area contributed by atoms with Crippen molar-refractivity contribution in [2.75, 3.05) is 31.2 Å². The van der Waals surface area contributed by atoms with E-state index < -0.39 is 0 Å². The predicted octanol–water partition coefficient (Wildman–Crippen LogP) is -0.323. The van der Waals surface area contributed by atoms with Crippen molar-refractivity contribution in [1.82, 2.24) is 5.10 Å². The number of hydrogen-bond acceptors (Lipinski definition) is 3. The van der Waals surface area contributed by atoms with E-state index in [-0.39, 0.29) is 24.0 Å². The number of morpholine rings is 1. The van der Waals surface area contributed by atoms with Crippen LogP contribution in [-0.4, -0.2) is 31.4 Å². The van der Waals surface area contributed by atoms with Crippen molar-refractivity contribution in [3.05, 3.63) is 42.6 Å². The fourth-order valence-corrected chi connectivity index (χ4v) is 2.70. The lowest BCUT2D eigenvalue weighted by Gasteiger charge is -2.26. The van der Waals surface area contributed by atoms with Crippen LogP contribution in [0, 0.1) is 0 Å². The standard InChI is InChI=1S/C18H24N3O.HI/c1-2-3-9-21-15-17(16-7-5-4-6-8-16)14-18(19-21)20-10-12-22-13-11-20;/h4-8,14-15H,2-3,9-13H2,1H3;1H/q+1;/p-1. The van der Waals surface area contributed by atoms with Gasteiger partial charge in [-0.05, 0) is 5.56 Å². The van der Waals surface area contributed by atoms with Crippen LogP contribution in [0.15, 0.2) is 42.6 Å². The number of halogens is 1. The van der Waals surface area contributed by atoms with Crippen LogP contribution in [-0.2, 0) is 11.3 Å². The topological polar surface area (TPSA) is 29.2 Å². The van der Waals surface area contributed by atoms with Gasteiger partial charge >= 0.3 is 0 Å². The number of benzene rings is 1. The third-order valence-corrected chi connectivity index (χ3v) is 3.99. The molecule has 1 aromatic heterocycles. The van der Waals surface area contributed by atoms with Gasteiger partial charge in [0.2, 0.25) is 6.20 Å². The molecule has 1 aliphatic rings. The molecule has 0 amide bonds. The van der Waals surface area contributed by atoms with Crippen LogP contribution in [0.5, 0.6) is 0 Å². The van der Waals surface area contributed by atoms with Crippen LogP contribution in [0.3, 0.4) is 0 Å². The zero-order valence-electron chi connectivity index (χ0n) is 13.6. The zero-order chi connectivity index (χ0) is 15.2. The van der Waals surface area contributed by atoms with Crippen molar-refractivity contribution in [3.8, 4) is 11.1 Å². The molecule has 0 radical (unpaired) electrons. The van der Waals surface area contributed by atoms with Gasteiger partial charge in [-0.15, -0.1) is 0 Å². The molecule has 1 aromatic carbocycles. The van der Waals surface area contributed by atoms with E-state index in [0.717, 1.165) is 45.1 Å². The quantitative estimate of drug-likeness (QED) is 0.486. The van der Waals surface area contributed by atoms with Crippen molar-refractivity contribution in [2.24, 2.45) is 0 Å². The smallest absolute Gasteiger partial charge is 0.204 e. The summed E-state index contributed by atoms with van der Waals surface area (Å²) in [5.74, 6) is 1.06. The number of ether oxygens (including phenoxy) is 1. The van der Waals surface area contributed by atoms with Gasteiger partial charge < -0.3 is 33.6 Å². The van der Waals surface area contributed by atoms with Crippen LogP contribution < -0.4 is 33.6 Å². The second kappa shape index (κ2) is 9.17. The molecule has 1 saturated heterocycles. The summed E-state index contributed by atoms with van der Waals surface area (Å²) in [6, 6.07) is 12.7. The molecule has 0 unspecified atom stereocenters. The lowest BCUT2D eigenvalue weighted by atomic mass is 10.1. The van der Waals surface area contributed by atoms with E-state index in [4.69, 9.17) is 9.84 Å². The Labute approximate surface area is 155 Å². The summed E-state index contributed by atoms with van der Waals surface area (Å²) in [4.78, 5) is 2.32. The maximum absolute atomic E-state index is 5.45. The van der Waals surface area contributed by atoms with Crippen LogP contribution in [0.2, 0.25) is 0 Å². The van der Waals surface area contributed by atoms with Crippen LogP contribution >= 0.6 is 0 Å². The van der Waals surface area contributed by atoms with Crippen molar-refractivity contribution in [3.63, 3.8) is 0 Å². The van der Waals surface area contributed by atoms with Crippen molar-refractivity contribution in [1.29, 1.82) is 0 Å². The number of anilines is 1. The highest BCUT2D eigenvalue weighted by molar-refractivity contribution is 5.64. The number of nitrogens with zero attached hydrogens (tertiary/aromatic N) is 3. The van der Waals surface area contributed by atoms with E-state index in [2.05, 4.69) is 59.1 Å². The molecule has 0 spiro atoms. The van der Waals surface area contributed by atoms with Crippen LogP contribution in [0.25, 0.3) is 11.1 Å². The Bertz CT molecular complexity index is 600. The molecule has 4 nitrogen and oxygen atoms in total. The molecule has 2 aromatic rings. The monoisotopic (exact) mass is 425 g/mol. The minimum atomic E-state index is 0. The molecule has 3 rings (SSSR count). The van der Waals surface area contributed by atoms with Gasteiger partial charge in [0.15, 0.2) is 12.4 Å². The predicted molar refractivity (Wildman–Crippen MR) is 87.8 cm³/mol. The lowest BCUT2D eigenvalue weighted by Crippen LogP contribution is -3.00. The Morgan fingerprint density at radius 1 is 1.13 bits per heavy atom. The van der Waals surface area contributed by atoms with E-state index in [9.17, 15) is 0 Å². The molecular formula is C18H24IN3O. The SMILES string of the molecule is CCCC[n+]1cc(-c2ccccc2)cc(N2CCOCC2)n1.[I-]. The van der Waals surface area contributed by atoms with Crippen LogP contribution in [0.4, 0.5) is 5.82 Å². The first-order valence-corrected chi connectivity index (χ1v) is 8.17. The largest absolute Gasteiger partial charge is 1.00 e. The normalized spacial score (nSPS) is 14.4. The molecule has 2 heterocycles. The summed E-state index contributed by atoms with van der Waals surface area (Å²) < 4.78 is 7.55. The van der Waals surface area contributed by atoms with Gasteiger partial charge in [-0.1, -0.05) is 48.4 Å². The molecular weight excluding hydrogens is 401 g/mol. The summed E-state index contributed by atoms with van der Waals surface area (Å²) in [7, 11) is 0. The van der Waals surface area contributed by atoms with Gasteiger partial charge in [0.25, 0.3) is 0 Å². The average molecular weight is 425 g/mol. The highest BCUT2D eigenvalue weighted by Gasteiger charge is 2.18. The van der Waals surface area contributed by atoms with Crippen LogP contribution in [0.1, 0.15) is 19.8 Å². The molecule has 0 atom stereocenters. The van der Waals surface area contributed by atoms with E-state index in [0.29, 0.717) is 0 Å². The molecule has 0 N–H and O–H groups in total. The minimum absolute atomic E-state index is 0. The van der Waals surface area contributed by atoms with Gasteiger partial charge in [-0.2, -0.15) is 0 Å². The summed E-state index contributed by atoms with van der Waals surface area (Å²) in [6.07, 6.45) is 4.49. The van der Waals surface area contributed by atoms with Gasteiger partial charge in [-0.3, -0.25) is 0 Å². The molecule has 0 saturated carbocycles. The summed E-state index contributed by atoms with van der Waals surface area (Å²) in [5, 5.41) is 4.81. The van der Waals surface area contributed by atoms with Gasteiger partial charge in [0.1, 0.15) is 0 Å². The first-order valence-electron chi connectivity index (χ1n) is 8.17. The number of hydrogen-bond donors (Lipinski definition) is 0. The summed E-state index contributed by atoms with van der Waals surface area (Å²) >= 11 is 0. The Morgan fingerprint density at radius 3 is 2.57 bits per heavy atom. The van der Waals surface area contributed by atoms with Crippen molar-refractivity contribution < 1.29 is 33.4 Å². The average Bonchev–Trinajstić information content (AvgIpc) is 2.61. The minimum Gasteiger partial charge on any atom is -1.00 e. The fraction of sp³-hybridized carbons (Fsp3) is 0.444. The molecule has 1 aliphatic heterocycles. The number of aromatic nitrogens is 2. The van der Waals surface area contributed by atoms with E-state index in [1.54, 1.807) is 0 Å². The maximum atomic E-state index is 5.45. The third-order valence-electron chi connectivity index (χ3n) is 3.99. The van der Waals surface area contributed by atoms with E-state index in [1.165, 1.54) is 17.5 Å². The number of rotatable bonds is 5. The summed E-state index contributed by atoms with van der Waals surface area (Å²) in [6.45, 7) is 6.58. The Balaban J connectivity index is 0.00000192. The Kier molecular flexibility index (Phi) is 7.23. The second-order valence-corrected chi connectivity index (χ2v) is 5.67. The lowest BCUT2D eigenvalue weighted by molar-refractivity contribution is -0.752. The third kappa shape index (κ3) is 4.88. The Hall–Kier alpha value is -1.21. The molecule has 1 fully saturated rings. The second-order valence-electron chi connectivity index (χ2n) is 5.67. The first-order chi connectivity index (χ1) is 10.9. The van der Waals surface area contributed by atoms with Crippen molar-refractivity contribution >= 4 is 5.82 Å².